The summed E-state index contributed by atoms with van der Waals surface area (Å²) in [6.07, 6.45) is -1.72. The Hall–Kier alpha value is -3.34. The molecule has 0 atom stereocenters. The summed E-state index contributed by atoms with van der Waals surface area (Å²) < 4.78 is 64.4. The van der Waals surface area contributed by atoms with Crippen LogP contribution in [0.2, 0.25) is 0 Å². The Morgan fingerprint density at radius 2 is 1.69 bits per heavy atom. The fourth-order valence-electron chi connectivity index (χ4n) is 2.39. The normalized spacial score (nSPS) is 11.8. The van der Waals surface area contributed by atoms with E-state index in [1.807, 2.05) is 0 Å². The van der Waals surface area contributed by atoms with Crippen LogP contribution in [0.1, 0.15) is 21.5 Å². The van der Waals surface area contributed by atoms with Gasteiger partial charge in [0.15, 0.2) is 5.82 Å². The van der Waals surface area contributed by atoms with Gasteiger partial charge in [-0.05, 0) is 42.0 Å². The van der Waals surface area contributed by atoms with E-state index < -0.39 is 27.7 Å². The lowest BCUT2D eigenvalue weighted by molar-refractivity contribution is -0.137. The van der Waals surface area contributed by atoms with Gasteiger partial charge in [-0.1, -0.05) is 12.1 Å². The molecule has 2 aromatic carbocycles. The van der Waals surface area contributed by atoms with Crippen LogP contribution >= 0.6 is 0 Å². The third-order valence-electron chi connectivity index (χ3n) is 3.90. The largest absolute Gasteiger partial charge is 0.416 e. The van der Waals surface area contributed by atoms with Crippen LogP contribution in [0.3, 0.4) is 0 Å². The Labute approximate surface area is 164 Å². The lowest BCUT2D eigenvalue weighted by atomic mass is 10.1. The van der Waals surface area contributed by atoms with Crippen molar-refractivity contribution in [1.82, 2.24) is 15.3 Å². The molecule has 0 saturated heterocycles. The minimum Gasteiger partial charge on any atom is -0.349 e. The molecule has 3 aromatic rings. The zero-order chi connectivity index (χ0) is 21.1. The number of aromatic amines is 1. The molecule has 0 bridgehead atoms. The van der Waals surface area contributed by atoms with E-state index in [1.165, 1.54) is 48.9 Å². The zero-order valence-corrected chi connectivity index (χ0v) is 15.5. The first-order valence-corrected chi connectivity index (χ1v) is 9.69. The Morgan fingerprint density at radius 1 is 1.03 bits per heavy atom. The number of hydrogen-bond acceptors (Lipinski definition) is 4. The topological polar surface area (TPSA) is 104 Å². The van der Waals surface area contributed by atoms with Gasteiger partial charge < -0.3 is 10.3 Å². The fraction of sp³-hybridized carbons (Fsp3) is 0.111. The molecule has 29 heavy (non-hydrogen) atoms. The van der Waals surface area contributed by atoms with Crippen molar-refractivity contribution in [3.8, 4) is 0 Å². The van der Waals surface area contributed by atoms with Gasteiger partial charge >= 0.3 is 6.18 Å². The molecule has 0 spiro atoms. The van der Waals surface area contributed by atoms with E-state index in [2.05, 4.69) is 20.0 Å². The highest BCUT2D eigenvalue weighted by Crippen LogP contribution is 2.29. The SMILES string of the molecule is O=C(NCc1ccc(C(F)(F)F)cc1)c1ccc(S(=O)(=O)Nc2c[nH]cn2)cc1. The standard InChI is InChI=1S/C18H15F3N4O3S/c19-18(20,21)14-5-1-12(2-6-14)9-23-17(26)13-3-7-15(8-4-13)29(27,28)25-16-10-22-11-24-16/h1-8,10-11,25H,9H2,(H,22,24)(H,23,26). The summed E-state index contributed by atoms with van der Waals surface area (Å²) in [5.41, 5.74) is -0.0720. The van der Waals surface area contributed by atoms with E-state index in [0.717, 1.165) is 12.1 Å². The van der Waals surface area contributed by atoms with Gasteiger partial charge in [0.2, 0.25) is 0 Å². The van der Waals surface area contributed by atoms with Gasteiger partial charge in [0.1, 0.15) is 0 Å². The molecule has 0 fully saturated rings. The van der Waals surface area contributed by atoms with Crippen molar-refractivity contribution in [3.63, 3.8) is 0 Å². The van der Waals surface area contributed by atoms with Crippen molar-refractivity contribution in [2.45, 2.75) is 17.6 Å². The first-order chi connectivity index (χ1) is 13.6. The van der Waals surface area contributed by atoms with Gasteiger partial charge in [-0.2, -0.15) is 13.2 Å². The van der Waals surface area contributed by atoms with Crippen LogP contribution in [0.25, 0.3) is 0 Å². The number of anilines is 1. The van der Waals surface area contributed by atoms with E-state index in [9.17, 15) is 26.4 Å². The van der Waals surface area contributed by atoms with Gasteiger partial charge in [-0.15, -0.1) is 0 Å². The van der Waals surface area contributed by atoms with Gasteiger partial charge in [0.25, 0.3) is 15.9 Å². The van der Waals surface area contributed by atoms with Crippen molar-refractivity contribution in [2.75, 3.05) is 4.72 Å². The molecule has 3 N–H and O–H groups in total. The first kappa shape index (κ1) is 20.4. The predicted octanol–water partition coefficient (Wildman–Crippen LogP) is 3.16. The number of H-pyrrole nitrogens is 1. The van der Waals surface area contributed by atoms with Crippen molar-refractivity contribution in [3.05, 3.63) is 77.7 Å². The summed E-state index contributed by atoms with van der Waals surface area (Å²) in [7, 11) is -3.85. The number of nitrogens with one attached hydrogen (secondary N) is 3. The summed E-state index contributed by atoms with van der Waals surface area (Å²) in [5, 5.41) is 2.57. The van der Waals surface area contributed by atoms with Crippen LogP contribution in [-0.2, 0) is 22.7 Å². The van der Waals surface area contributed by atoms with Crippen molar-refractivity contribution in [1.29, 1.82) is 0 Å². The van der Waals surface area contributed by atoms with Gasteiger partial charge in [0, 0.05) is 18.3 Å². The average Bonchev–Trinajstić information content (AvgIpc) is 3.18. The quantitative estimate of drug-likeness (QED) is 0.565. The van der Waals surface area contributed by atoms with Crippen LogP contribution < -0.4 is 10.0 Å². The smallest absolute Gasteiger partial charge is 0.349 e. The number of halogens is 3. The van der Waals surface area contributed by atoms with Crippen molar-refractivity contribution in [2.24, 2.45) is 0 Å². The molecule has 3 rings (SSSR count). The number of aromatic nitrogens is 2. The summed E-state index contributed by atoms with van der Waals surface area (Å²) in [5.74, 6) is -0.363. The lowest BCUT2D eigenvalue weighted by Gasteiger charge is -2.09. The van der Waals surface area contributed by atoms with Crippen LogP contribution in [0.4, 0.5) is 19.0 Å². The van der Waals surface area contributed by atoms with Gasteiger partial charge in [-0.25, -0.2) is 13.4 Å². The molecule has 0 aliphatic rings. The van der Waals surface area contributed by atoms with E-state index >= 15 is 0 Å². The van der Waals surface area contributed by atoms with Crippen molar-refractivity contribution < 1.29 is 26.4 Å². The van der Waals surface area contributed by atoms with E-state index in [-0.39, 0.29) is 22.8 Å². The first-order valence-electron chi connectivity index (χ1n) is 8.21. The number of carbonyl (C=O) groups is 1. The third-order valence-corrected chi connectivity index (χ3v) is 5.27. The maximum absolute atomic E-state index is 12.6. The fourth-order valence-corrected chi connectivity index (χ4v) is 3.39. The average molecular weight is 424 g/mol. The van der Waals surface area contributed by atoms with Crippen LogP contribution in [-0.4, -0.2) is 24.3 Å². The minimum atomic E-state index is -4.42. The maximum atomic E-state index is 12.6. The van der Waals surface area contributed by atoms with E-state index in [0.29, 0.717) is 5.56 Å². The number of imidazole rings is 1. The molecule has 152 valence electrons. The Morgan fingerprint density at radius 3 is 2.24 bits per heavy atom. The highest BCUT2D eigenvalue weighted by atomic mass is 32.2. The number of rotatable bonds is 6. The van der Waals surface area contributed by atoms with E-state index in [4.69, 9.17) is 0 Å². The molecule has 0 radical (unpaired) electrons. The molecular formula is C18H15F3N4O3S. The molecule has 11 heteroatoms. The molecule has 1 aromatic heterocycles. The number of amides is 1. The second-order valence-electron chi connectivity index (χ2n) is 5.96. The molecule has 7 nitrogen and oxygen atoms in total. The summed E-state index contributed by atoms with van der Waals surface area (Å²) in [6.45, 7) is 0.0255. The number of sulfonamides is 1. The second kappa shape index (κ2) is 7.95. The highest BCUT2D eigenvalue weighted by molar-refractivity contribution is 7.92. The number of carbonyl (C=O) groups excluding carboxylic acids is 1. The van der Waals surface area contributed by atoms with Crippen LogP contribution in [0.15, 0.2) is 66.0 Å². The van der Waals surface area contributed by atoms with Crippen LogP contribution in [0.5, 0.6) is 0 Å². The number of alkyl halides is 3. The summed E-state index contributed by atoms with van der Waals surface area (Å²) >= 11 is 0. The number of benzene rings is 2. The summed E-state index contributed by atoms with van der Waals surface area (Å²) in [6, 6.07) is 9.63. The predicted molar refractivity (Wildman–Crippen MR) is 98.5 cm³/mol. The molecule has 0 unspecified atom stereocenters. The monoisotopic (exact) mass is 424 g/mol. The maximum Gasteiger partial charge on any atom is 0.416 e. The number of hydrogen-bond donors (Lipinski definition) is 3. The third kappa shape index (κ3) is 5.13. The number of nitrogens with zero attached hydrogens (tertiary/aromatic N) is 1. The van der Waals surface area contributed by atoms with Gasteiger partial charge in [-0.3, -0.25) is 9.52 Å². The Balaban J connectivity index is 1.62. The summed E-state index contributed by atoms with van der Waals surface area (Å²) in [4.78, 5) is 18.5. The van der Waals surface area contributed by atoms with E-state index in [1.54, 1.807) is 0 Å². The lowest BCUT2D eigenvalue weighted by Crippen LogP contribution is -2.23. The van der Waals surface area contributed by atoms with Crippen molar-refractivity contribution >= 4 is 21.7 Å². The molecular weight excluding hydrogens is 409 g/mol. The molecule has 1 amide bonds. The second-order valence-corrected chi connectivity index (χ2v) is 7.64. The minimum absolute atomic E-state index is 0.0255. The molecule has 1 heterocycles. The Kier molecular flexibility index (Phi) is 5.59. The molecule has 0 saturated carbocycles. The zero-order valence-electron chi connectivity index (χ0n) is 14.7. The Bertz CT molecular complexity index is 1080. The molecule has 0 aliphatic carbocycles. The highest BCUT2D eigenvalue weighted by Gasteiger charge is 2.29. The van der Waals surface area contributed by atoms with Gasteiger partial charge in [0.05, 0.1) is 16.8 Å². The van der Waals surface area contributed by atoms with Crippen LogP contribution in [0, 0.1) is 0 Å². The molecule has 0 aliphatic heterocycles.